The predicted molar refractivity (Wildman–Crippen MR) is 101 cm³/mol. The third kappa shape index (κ3) is 5.42. The van der Waals surface area contributed by atoms with Gasteiger partial charge in [0.2, 0.25) is 0 Å². The van der Waals surface area contributed by atoms with Crippen molar-refractivity contribution < 1.29 is 9.53 Å². The minimum absolute atomic E-state index is 0. The van der Waals surface area contributed by atoms with Crippen LogP contribution in [0, 0.1) is 5.92 Å². The lowest BCUT2D eigenvalue weighted by Crippen LogP contribution is -2.46. The fraction of sp³-hybridized carbons (Fsp3) is 0.600. The Morgan fingerprint density at radius 2 is 2.23 bits per heavy atom. The molecule has 0 saturated carbocycles. The Bertz CT molecular complexity index is 471. The van der Waals surface area contributed by atoms with Crippen LogP contribution in [0.2, 0.25) is 0 Å². The van der Waals surface area contributed by atoms with E-state index in [1.54, 1.807) is 18.4 Å². The van der Waals surface area contributed by atoms with Crippen LogP contribution in [-0.4, -0.2) is 43.6 Å². The molecule has 0 radical (unpaired) electrons. The molecule has 0 spiro atoms. The molecule has 5 nitrogen and oxygen atoms in total. The van der Waals surface area contributed by atoms with Crippen LogP contribution in [0.15, 0.2) is 22.5 Å². The maximum Gasteiger partial charge on any atom is 0.309 e. The average molecular weight is 437 g/mol. The number of hydrogen-bond donors (Lipinski definition) is 1. The van der Waals surface area contributed by atoms with Gasteiger partial charge in [-0.1, -0.05) is 6.07 Å². The van der Waals surface area contributed by atoms with Gasteiger partial charge in [0.1, 0.15) is 0 Å². The fourth-order valence-electron chi connectivity index (χ4n) is 2.50. The van der Waals surface area contributed by atoms with Crippen LogP contribution in [0.1, 0.15) is 24.6 Å². The molecule has 22 heavy (non-hydrogen) atoms. The SMILES string of the molecule is CCOC(=O)C1CCN(C(=NC)NCc2cccs2)CC1.I. The van der Waals surface area contributed by atoms with Crippen LogP contribution in [0.25, 0.3) is 0 Å². The summed E-state index contributed by atoms with van der Waals surface area (Å²) in [6.07, 6.45) is 1.66. The van der Waals surface area contributed by atoms with Crippen molar-refractivity contribution in [2.75, 3.05) is 26.7 Å². The van der Waals surface area contributed by atoms with E-state index in [9.17, 15) is 4.79 Å². The molecule has 1 fully saturated rings. The second-order valence-corrected chi connectivity index (χ2v) is 6.03. The molecule has 0 aromatic carbocycles. The Labute approximate surface area is 153 Å². The summed E-state index contributed by atoms with van der Waals surface area (Å²) in [5.74, 6) is 0.890. The molecule has 124 valence electrons. The van der Waals surface area contributed by atoms with Gasteiger partial charge in [-0.15, -0.1) is 35.3 Å². The highest BCUT2D eigenvalue weighted by Crippen LogP contribution is 2.19. The minimum Gasteiger partial charge on any atom is -0.466 e. The van der Waals surface area contributed by atoms with Crippen molar-refractivity contribution >= 4 is 47.2 Å². The Balaban J connectivity index is 0.00000242. The van der Waals surface area contributed by atoms with Crippen LogP contribution in [0.4, 0.5) is 0 Å². The van der Waals surface area contributed by atoms with E-state index < -0.39 is 0 Å². The number of rotatable bonds is 4. The standard InChI is InChI=1S/C15H23N3O2S.HI/c1-3-20-14(19)12-6-8-18(9-7-12)15(16-2)17-11-13-5-4-10-21-13;/h4-5,10,12H,3,6-9,11H2,1-2H3,(H,16,17);1H. The van der Waals surface area contributed by atoms with Gasteiger partial charge >= 0.3 is 5.97 Å². The number of ether oxygens (including phenoxy) is 1. The lowest BCUT2D eigenvalue weighted by atomic mass is 9.97. The number of carbonyl (C=O) groups is 1. The van der Waals surface area contributed by atoms with Crippen molar-refractivity contribution in [1.82, 2.24) is 10.2 Å². The first-order chi connectivity index (χ1) is 10.2. The van der Waals surface area contributed by atoms with Gasteiger partial charge in [0.25, 0.3) is 0 Å². The van der Waals surface area contributed by atoms with Crippen molar-refractivity contribution in [2.24, 2.45) is 10.9 Å². The molecule has 7 heteroatoms. The van der Waals surface area contributed by atoms with Crippen LogP contribution in [0.5, 0.6) is 0 Å². The summed E-state index contributed by atoms with van der Waals surface area (Å²) >= 11 is 1.73. The summed E-state index contributed by atoms with van der Waals surface area (Å²) in [7, 11) is 1.80. The van der Waals surface area contributed by atoms with Gasteiger partial charge < -0.3 is 15.0 Å². The molecule has 0 aliphatic carbocycles. The first-order valence-corrected chi connectivity index (χ1v) is 8.27. The van der Waals surface area contributed by atoms with Gasteiger partial charge in [0.15, 0.2) is 5.96 Å². The van der Waals surface area contributed by atoms with E-state index in [0.29, 0.717) is 6.61 Å². The van der Waals surface area contributed by atoms with Crippen molar-refractivity contribution in [3.63, 3.8) is 0 Å². The zero-order valence-corrected chi connectivity index (χ0v) is 16.2. The normalized spacial score (nSPS) is 16.1. The van der Waals surface area contributed by atoms with Crippen molar-refractivity contribution in [3.05, 3.63) is 22.4 Å². The van der Waals surface area contributed by atoms with E-state index in [1.807, 2.05) is 6.92 Å². The number of likely N-dealkylation sites (tertiary alicyclic amines) is 1. The van der Waals surface area contributed by atoms with Gasteiger partial charge in [-0.2, -0.15) is 0 Å². The molecule has 2 rings (SSSR count). The predicted octanol–water partition coefficient (Wildman–Crippen LogP) is 2.72. The second-order valence-electron chi connectivity index (χ2n) is 4.99. The number of carbonyl (C=O) groups excluding carboxylic acids is 1. The fourth-order valence-corrected chi connectivity index (χ4v) is 3.14. The molecule has 0 amide bonds. The highest BCUT2D eigenvalue weighted by Gasteiger charge is 2.27. The quantitative estimate of drug-likeness (QED) is 0.341. The van der Waals surface area contributed by atoms with E-state index in [0.717, 1.165) is 38.4 Å². The number of hydrogen-bond acceptors (Lipinski definition) is 4. The third-order valence-electron chi connectivity index (χ3n) is 3.63. The largest absolute Gasteiger partial charge is 0.466 e. The Kier molecular flexibility index (Phi) is 8.77. The van der Waals surface area contributed by atoms with Crippen LogP contribution >= 0.6 is 35.3 Å². The molecular weight excluding hydrogens is 413 g/mol. The van der Waals surface area contributed by atoms with Gasteiger partial charge in [-0.3, -0.25) is 9.79 Å². The molecule has 1 aliphatic rings. The summed E-state index contributed by atoms with van der Waals surface area (Å²) in [4.78, 5) is 19.6. The van der Waals surface area contributed by atoms with Gasteiger partial charge in [0, 0.05) is 25.0 Å². The maximum absolute atomic E-state index is 11.7. The van der Waals surface area contributed by atoms with Crippen molar-refractivity contribution in [3.8, 4) is 0 Å². The number of piperidine rings is 1. The summed E-state index contributed by atoms with van der Waals surface area (Å²) < 4.78 is 5.10. The Morgan fingerprint density at radius 1 is 1.50 bits per heavy atom. The topological polar surface area (TPSA) is 53.9 Å². The second kappa shape index (κ2) is 10.0. The Hall–Kier alpha value is -0.830. The lowest BCUT2D eigenvalue weighted by molar-refractivity contribution is -0.149. The van der Waals surface area contributed by atoms with E-state index >= 15 is 0 Å². The summed E-state index contributed by atoms with van der Waals surface area (Å²) in [6.45, 7) is 4.79. The number of guanidine groups is 1. The first-order valence-electron chi connectivity index (χ1n) is 7.39. The van der Waals surface area contributed by atoms with Gasteiger partial charge in [-0.25, -0.2) is 0 Å². The minimum atomic E-state index is -0.0568. The van der Waals surface area contributed by atoms with Crippen LogP contribution in [0.3, 0.4) is 0 Å². The average Bonchev–Trinajstić information content (AvgIpc) is 3.02. The van der Waals surface area contributed by atoms with Crippen molar-refractivity contribution in [2.45, 2.75) is 26.3 Å². The monoisotopic (exact) mass is 437 g/mol. The molecule has 0 unspecified atom stereocenters. The molecular formula is C15H24IN3O2S. The van der Waals surface area contributed by atoms with E-state index in [1.165, 1.54) is 4.88 Å². The zero-order valence-electron chi connectivity index (χ0n) is 13.1. The number of thiophene rings is 1. The third-order valence-corrected chi connectivity index (χ3v) is 4.50. The number of halogens is 1. The number of aliphatic imine (C=N–C) groups is 1. The highest BCUT2D eigenvalue weighted by atomic mass is 127. The van der Waals surface area contributed by atoms with Crippen molar-refractivity contribution in [1.29, 1.82) is 0 Å². The summed E-state index contributed by atoms with van der Waals surface area (Å²) in [5.41, 5.74) is 0. The molecule has 1 aromatic heterocycles. The Morgan fingerprint density at radius 3 is 2.77 bits per heavy atom. The smallest absolute Gasteiger partial charge is 0.309 e. The molecule has 1 N–H and O–H groups in total. The van der Waals surface area contributed by atoms with E-state index in [-0.39, 0.29) is 35.9 Å². The number of esters is 1. The molecule has 1 saturated heterocycles. The summed E-state index contributed by atoms with van der Waals surface area (Å²) in [6, 6.07) is 4.16. The number of nitrogens with one attached hydrogen (secondary N) is 1. The molecule has 1 aliphatic heterocycles. The van der Waals surface area contributed by atoms with Gasteiger partial charge in [-0.05, 0) is 31.2 Å². The first kappa shape index (κ1) is 19.2. The molecule has 1 aromatic rings. The molecule has 0 atom stereocenters. The van der Waals surface area contributed by atoms with Crippen LogP contribution < -0.4 is 5.32 Å². The lowest BCUT2D eigenvalue weighted by Gasteiger charge is -2.33. The number of nitrogens with zero attached hydrogens (tertiary/aromatic N) is 2. The van der Waals surface area contributed by atoms with E-state index in [4.69, 9.17) is 4.74 Å². The molecule has 2 heterocycles. The molecule has 0 bridgehead atoms. The van der Waals surface area contributed by atoms with Gasteiger partial charge in [0.05, 0.1) is 19.1 Å². The highest BCUT2D eigenvalue weighted by molar-refractivity contribution is 14.0. The summed E-state index contributed by atoms with van der Waals surface area (Å²) in [5, 5.41) is 5.45. The van der Waals surface area contributed by atoms with E-state index in [2.05, 4.69) is 32.7 Å². The van der Waals surface area contributed by atoms with Crippen LogP contribution in [-0.2, 0) is 16.1 Å². The zero-order chi connectivity index (χ0) is 15.1. The maximum atomic E-state index is 11.7.